The molecule has 1 N–H and O–H groups in total. The Balaban J connectivity index is 2.36. The van der Waals surface area contributed by atoms with Crippen LogP contribution in [0.1, 0.15) is 12.5 Å². The summed E-state index contributed by atoms with van der Waals surface area (Å²) < 4.78 is 1.98. The third kappa shape index (κ3) is 2.41. The SMILES string of the molecule is CCc1c(NC)ncnc1Sc1nccn1C. The van der Waals surface area contributed by atoms with Gasteiger partial charge in [-0.05, 0) is 18.2 Å². The molecule has 2 aromatic rings. The molecule has 0 fully saturated rings. The van der Waals surface area contributed by atoms with Crippen LogP contribution in [0.2, 0.25) is 0 Å². The zero-order chi connectivity index (χ0) is 12.3. The van der Waals surface area contributed by atoms with Gasteiger partial charge in [0.05, 0.1) is 0 Å². The summed E-state index contributed by atoms with van der Waals surface area (Å²) >= 11 is 1.56. The van der Waals surface area contributed by atoms with Crippen LogP contribution in [0.3, 0.4) is 0 Å². The Hall–Kier alpha value is -1.56. The normalized spacial score (nSPS) is 10.5. The molecule has 0 bridgehead atoms. The van der Waals surface area contributed by atoms with E-state index >= 15 is 0 Å². The molecule has 0 atom stereocenters. The monoisotopic (exact) mass is 249 g/mol. The summed E-state index contributed by atoms with van der Waals surface area (Å²) in [4.78, 5) is 12.8. The van der Waals surface area contributed by atoms with Crippen molar-refractivity contribution in [2.24, 2.45) is 7.05 Å². The zero-order valence-electron chi connectivity index (χ0n) is 10.1. The molecule has 0 unspecified atom stereocenters. The van der Waals surface area contributed by atoms with E-state index in [2.05, 4.69) is 27.2 Å². The van der Waals surface area contributed by atoms with Crippen molar-refractivity contribution in [2.45, 2.75) is 23.5 Å². The lowest BCUT2D eigenvalue weighted by molar-refractivity contribution is 0.787. The molecule has 6 heteroatoms. The van der Waals surface area contributed by atoms with Crippen LogP contribution in [0.25, 0.3) is 0 Å². The van der Waals surface area contributed by atoms with E-state index < -0.39 is 0 Å². The molecule has 0 aliphatic rings. The van der Waals surface area contributed by atoms with Gasteiger partial charge in [-0.3, -0.25) is 0 Å². The summed E-state index contributed by atoms with van der Waals surface area (Å²) in [5.74, 6) is 0.888. The van der Waals surface area contributed by atoms with Gasteiger partial charge in [0.2, 0.25) is 0 Å². The van der Waals surface area contributed by atoms with Crippen molar-refractivity contribution in [3.63, 3.8) is 0 Å². The molecule has 0 spiro atoms. The predicted molar refractivity (Wildman–Crippen MR) is 68.3 cm³/mol. The first-order valence-electron chi connectivity index (χ1n) is 5.43. The van der Waals surface area contributed by atoms with Gasteiger partial charge in [-0.15, -0.1) is 0 Å². The number of aromatic nitrogens is 4. The topological polar surface area (TPSA) is 55.6 Å². The first-order chi connectivity index (χ1) is 8.26. The minimum absolute atomic E-state index is 0.888. The minimum atomic E-state index is 0.888. The number of anilines is 1. The molecule has 0 aliphatic carbocycles. The zero-order valence-corrected chi connectivity index (χ0v) is 11.0. The summed E-state index contributed by atoms with van der Waals surface area (Å²) in [5, 5.41) is 4.98. The summed E-state index contributed by atoms with van der Waals surface area (Å²) in [6.07, 6.45) is 6.18. The summed E-state index contributed by atoms with van der Waals surface area (Å²) in [5.41, 5.74) is 1.13. The number of nitrogens with zero attached hydrogens (tertiary/aromatic N) is 4. The van der Waals surface area contributed by atoms with Crippen molar-refractivity contribution >= 4 is 17.6 Å². The molecule has 90 valence electrons. The third-order valence-electron chi connectivity index (χ3n) is 2.46. The highest BCUT2D eigenvalue weighted by atomic mass is 32.2. The van der Waals surface area contributed by atoms with E-state index in [9.17, 15) is 0 Å². The Morgan fingerprint density at radius 1 is 1.35 bits per heavy atom. The Bertz CT molecular complexity index is 508. The molecule has 0 aliphatic heterocycles. The van der Waals surface area contributed by atoms with Gasteiger partial charge in [0.1, 0.15) is 17.2 Å². The number of hydrogen-bond acceptors (Lipinski definition) is 5. The average molecular weight is 249 g/mol. The van der Waals surface area contributed by atoms with Crippen molar-refractivity contribution in [3.05, 3.63) is 24.3 Å². The number of nitrogens with one attached hydrogen (secondary N) is 1. The second-order valence-electron chi connectivity index (χ2n) is 3.53. The van der Waals surface area contributed by atoms with Crippen LogP contribution in [0, 0.1) is 0 Å². The summed E-state index contributed by atoms with van der Waals surface area (Å²) in [7, 11) is 3.85. The lowest BCUT2D eigenvalue weighted by atomic mass is 10.2. The van der Waals surface area contributed by atoms with Crippen LogP contribution in [0.5, 0.6) is 0 Å². The van der Waals surface area contributed by atoms with Crippen LogP contribution in [-0.4, -0.2) is 26.6 Å². The maximum Gasteiger partial charge on any atom is 0.174 e. The van der Waals surface area contributed by atoms with Crippen molar-refractivity contribution in [2.75, 3.05) is 12.4 Å². The maximum absolute atomic E-state index is 4.33. The summed E-state index contributed by atoms with van der Waals surface area (Å²) in [6.45, 7) is 2.10. The molecular weight excluding hydrogens is 234 g/mol. The van der Waals surface area contributed by atoms with E-state index in [1.165, 1.54) is 0 Å². The largest absolute Gasteiger partial charge is 0.373 e. The lowest BCUT2D eigenvalue weighted by Gasteiger charge is -2.10. The standard InChI is InChI=1S/C11H15N5S/c1-4-8-9(12-2)14-7-15-10(8)17-11-13-5-6-16(11)3/h5-7H,4H2,1-3H3,(H,12,14,15). The molecule has 2 rings (SSSR count). The van der Waals surface area contributed by atoms with Gasteiger partial charge in [0.25, 0.3) is 0 Å². The Morgan fingerprint density at radius 3 is 2.76 bits per heavy atom. The van der Waals surface area contributed by atoms with Crippen LogP contribution in [-0.2, 0) is 13.5 Å². The molecule has 0 saturated heterocycles. The number of hydrogen-bond donors (Lipinski definition) is 1. The molecular formula is C11H15N5S. The second-order valence-corrected chi connectivity index (χ2v) is 4.49. The van der Waals surface area contributed by atoms with Crippen molar-refractivity contribution in [1.29, 1.82) is 0 Å². The molecule has 0 aromatic carbocycles. The Labute approximate surface area is 105 Å². The average Bonchev–Trinajstić information content (AvgIpc) is 2.74. The summed E-state index contributed by atoms with van der Waals surface area (Å²) in [6, 6.07) is 0. The number of imidazole rings is 1. The smallest absolute Gasteiger partial charge is 0.174 e. The fourth-order valence-corrected chi connectivity index (χ4v) is 2.51. The molecule has 5 nitrogen and oxygen atoms in total. The number of aryl methyl sites for hydroxylation is 1. The van der Waals surface area contributed by atoms with E-state index in [4.69, 9.17) is 0 Å². The lowest BCUT2D eigenvalue weighted by Crippen LogP contribution is -2.02. The fraction of sp³-hybridized carbons (Fsp3) is 0.364. The molecule has 0 saturated carbocycles. The van der Waals surface area contributed by atoms with Crippen molar-refractivity contribution in [1.82, 2.24) is 19.5 Å². The highest BCUT2D eigenvalue weighted by Gasteiger charge is 2.12. The highest BCUT2D eigenvalue weighted by molar-refractivity contribution is 7.99. The Kier molecular flexibility index (Phi) is 3.63. The first-order valence-corrected chi connectivity index (χ1v) is 6.24. The van der Waals surface area contributed by atoms with Gasteiger partial charge < -0.3 is 9.88 Å². The predicted octanol–water partition coefficient (Wildman–Crippen LogP) is 1.97. The van der Waals surface area contributed by atoms with E-state index in [1.807, 2.05) is 24.9 Å². The van der Waals surface area contributed by atoms with Gasteiger partial charge in [-0.25, -0.2) is 15.0 Å². The van der Waals surface area contributed by atoms with Crippen LogP contribution in [0.4, 0.5) is 5.82 Å². The van der Waals surface area contributed by atoms with Crippen LogP contribution < -0.4 is 5.32 Å². The van der Waals surface area contributed by atoms with Gasteiger partial charge >= 0.3 is 0 Å². The van der Waals surface area contributed by atoms with Crippen LogP contribution in [0.15, 0.2) is 28.9 Å². The Morgan fingerprint density at radius 2 is 2.18 bits per heavy atom. The maximum atomic E-state index is 4.33. The van der Waals surface area contributed by atoms with Gasteiger partial charge in [0, 0.05) is 32.1 Å². The molecule has 17 heavy (non-hydrogen) atoms. The highest BCUT2D eigenvalue weighted by Crippen LogP contribution is 2.29. The van der Waals surface area contributed by atoms with Crippen LogP contribution >= 0.6 is 11.8 Å². The quantitative estimate of drug-likeness (QED) is 0.839. The second kappa shape index (κ2) is 5.18. The molecule has 0 radical (unpaired) electrons. The first kappa shape index (κ1) is 11.9. The van der Waals surface area contributed by atoms with E-state index in [1.54, 1.807) is 24.3 Å². The van der Waals surface area contributed by atoms with Crippen molar-refractivity contribution < 1.29 is 0 Å². The number of rotatable bonds is 4. The van der Waals surface area contributed by atoms with Gasteiger partial charge in [0.15, 0.2) is 5.16 Å². The fourth-order valence-electron chi connectivity index (χ4n) is 1.55. The molecule has 2 aromatic heterocycles. The molecule has 0 amide bonds. The van der Waals surface area contributed by atoms with E-state index in [0.29, 0.717) is 0 Å². The van der Waals surface area contributed by atoms with E-state index in [-0.39, 0.29) is 0 Å². The minimum Gasteiger partial charge on any atom is -0.373 e. The molecule has 2 heterocycles. The van der Waals surface area contributed by atoms with Crippen molar-refractivity contribution in [3.8, 4) is 0 Å². The third-order valence-corrected chi connectivity index (χ3v) is 3.58. The van der Waals surface area contributed by atoms with Gasteiger partial charge in [-0.2, -0.15) is 0 Å². The van der Waals surface area contributed by atoms with E-state index in [0.717, 1.165) is 28.0 Å². The van der Waals surface area contributed by atoms with Gasteiger partial charge in [-0.1, -0.05) is 6.92 Å².